The lowest BCUT2D eigenvalue weighted by Gasteiger charge is -2.20. The first-order chi connectivity index (χ1) is 9.15. The van der Waals surface area contributed by atoms with Gasteiger partial charge in [0.15, 0.2) is 5.13 Å². The molecule has 0 aliphatic heterocycles. The fraction of sp³-hybridized carbons (Fsp3) is 0.400. The summed E-state index contributed by atoms with van der Waals surface area (Å²) in [6, 6.07) is 8.57. The molecule has 0 fully saturated rings. The Balaban J connectivity index is 2.34. The van der Waals surface area contributed by atoms with E-state index in [0.29, 0.717) is 0 Å². The average Bonchev–Trinajstić information content (AvgIpc) is 2.72. The van der Waals surface area contributed by atoms with Crippen LogP contribution in [0.1, 0.15) is 23.1 Å². The Bertz CT molecular complexity index is 548. The van der Waals surface area contributed by atoms with E-state index in [-0.39, 0.29) is 0 Å². The van der Waals surface area contributed by atoms with E-state index >= 15 is 0 Å². The summed E-state index contributed by atoms with van der Waals surface area (Å²) in [7, 11) is 1.97. The molecule has 0 aliphatic carbocycles. The summed E-state index contributed by atoms with van der Waals surface area (Å²) in [5.74, 6) is 0. The highest BCUT2D eigenvalue weighted by atomic mass is 32.1. The molecule has 102 valence electrons. The highest BCUT2D eigenvalue weighted by Crippen LogP contribution is 2.31. The van der Waals surface area contributed by atoms with Crippen molar-refractivity contribution in [3.8, 4) is 0 Å². The first-order valence-electron chi connectivity index (χ1n) is 6.60. The molecule has 0 bridgehead atoms. The molecule has 0 amide bonds. The number of nitrogens with zero attached hydrogens (tertiary/aromatic N) is 2. The molecule has 0 unspecified atom stereocenters. The molecule has 1 heterocycles. The van der Waals surface area contributed by atoms with Crippen LogP contribution in [0.3, 0.4) is 0 Å². The maximum Gasteiger partial charge on any atom is 0.190 e. The van der Waals surface area contributed by atoms with Gasteiger partial charge in [-0.05, 0) is 45.5 Å². The van der Waals surface area contributed by atoms with Crippen molar-refractivity contribution >= 4 is 22.2 Å². The SMILES string of the molecule is CCN(c1cccc(C)c1)c1nc(C)c(CNC)s1. The van der Waals surface area contributed by atoms with Gasteiger partial charge in [-0.2, -0.15) is 0 Å². The van der Waals surface area contributed by atoms with E-state index in [1.807, 2.05) is 7.05 Å². The summed E-state index contributed by atoms with van der Waals surface area (Å²) in [4.78, 5) is 8.29. The Morgan fingerprint density at radius 1 is 1.32 bits per heavy atom. The van der Waals surface area contributed by atoms with Crippen LogP contribution in [0.2, 0.25) is 0 Å². The van der Waals surface area contributed by atoms with Crippen molar-refractivity contribution in [1.82, 2.24) is 10.3 Å². The number of aryl methyl sites for hydroxylation is 2. The van der Waals surface area contributed by atoms with Crippen molar-refractivity contribution in [3.05, 3.63) is 40.4 Å². The van der Waals surface area contributed by atoms with Crippen molar-refractivity contribution in [2.75, 3.05) is 18.5 Å². The minimum Gasteiger partial charge on any atom is -0.318 e. The summed E-state index contributed by atoms with van der Waals surface area (Å²) < 4.78 is 0. The smallest absolute Gasteiger partial charge is 0.190 e. The number of rotatable bonds is 5. The van der Waals surface area contributed by atoms with Gasteiger partial charge in [0.1, 0.15) is 0 Å². The first-order valence-corrected chi connectivity index (χ1v) is 7.42. The molecular weight excluding hydrogens is 254 g/mol. The van der Waals surface area contributed by atoms with E-state index < -0.39 is 0 Å². The second kappa shape index (κ2) is 6.17. The molecule has 2 rings (SSSR count). The summed E-state index contributed by atoms with van der Waals surface area (Å²) in [5, 5.41) is 4.28. The average molecular weight is 275 g/mol. The molecule has 0 spiro atoms. The van der Waals surface area contributed by atoms with Crippen LogP contribution in [0.15, 0.2) is 24.3 Å². The standard InChI is InChI=1S/C15H21N3S/c1-5-18(13-8-6-7-11(2)9-13)15-17-12(3)14(19-15)10-16-4/h6-9,16H,5,10H2,1-4H3. The molecule has 1 aromatic heterocycles. The molecule has 0 saturated carbocycles. The topological polar surface area (TPSA) is 28.2 Å². The van der Waals surface area contributed by atoms with Gasteiger partial charge in [0.05, 0.1) is 5.69 Å². The zero-order valence-electron chi connectivity index (χ0n) is 12.0. The van der Waals surface area contributed by atoms with Gasteiger partial charge in [-0.1, -0.05) is 23.5 Å². The van der Waals surface area contributed by atoms with Crippen LogP contribution in [-0.4, -0.2) is 18.6 Å². The molecule has 0 radical (unpaired) electrons. The van der Waals surface area contributed by atoms with Crippen LogP contribution >= 0.6 is 11.3 Å². The number of benzene rings is 1. The molecular formula is C15H21N3S. The van der Waals surface area contributed by atoms with Crippen LogP contribution in [0.25, 0.3) is 0 Å². The van der Waals surface area contributed by atoms with Crippen molar-refractivity contribution in [2.24, 2.45) is 0 Å². The number of thiazole rings is 1. The van der Waals surface area contributed by atoms with E-state index in [4.69, 9.17) is 4.98 Å². The lowest BCUT2D eigenvalue weighted by Crippen LogP contribution is -2.15. The van der Waals surface area contributed by atoms with E-state index in [1.165, 1.54) is 16.1 Å². The Morgan fingerprint density at radius 3 is 2.74 bits per heavy atom. The van der Waals surface area contributed by atoms with Gasteiger partial charge in [-0.25, -0.2) is 4.98 Å². The largest absolute Gasteiger partial charge is 0.318 e. The summed E-state index contributed by atoms with van der Waals surface area (Å²) in [6.45, 7) is 8.18. The van der Waals surface area contributed by atoms with Crippen molar-refractivity contribution in [1.29, 1.82) is 0 Å². The van der Waals surface area contributed by atoms with Gasteiger partial charge in [0.2, 0.25) is 0 Å². The molecule has 1 N–H and O–H groups in total. The zero-order chi connectivity index (χ0) is 13.8. The van der Waals surface area contributed by atoms with Gasteiger partial charge >= 0.3 is 0 Å². The third kappa shape index (κ3) is 3.14. The van der Waals surface area contributed by atoms with Crippen molar-refractivity contribution in [3.63, 3.8) is 0 Å². The van der Waals surface area contributed by atoms with Crippen LogP contribution in [0.5, 0.6) is 0 Å². The number of hydrogen-bond donors (Lipinski definition) is 1. The molecule has 0 aliphatic rings. The highest BCUT2D eigenvalue weighted by molar-refractivity contribution is 7.15. The third-order valence-electron chi connectivity index (χ3n) is 3.08. The summed E-state index contributed by atoms with van der Waals surface area (Å²) >= 11 is 1.77. The molecule has 4 heteroatoms. The molecule has 0 atom stereocenters. The van der Waals surface area contributed by atoms with Crippen molar-refractivity contribution in [2.45, 2.75) is 27.3 Å². The minimum atomic E-state index is 0.884. The number of nitrogens with one attached hydrogen (secondary N) is 1. The normalized spacial score (nSPS) is 10.7. The van der Waals surface area contributed by atoms with Gasteiger partial charge in [0.25, 0.3) is 0 Å². The minimum absolute atomic E-state index is 0.884. The quantitative estimate of drug-likeness (QED) is 0.903. The summed E-state index contributed by atoms with van der Waals surface area (Å²) in [5.41, 5.74) is 3.62. The Hall–Kier alpha value is -1.39. The van der Waals surface area contributed by atoms with Gasteiger partial charge in [-0.15, -0.1) is 0 Å². The van der Waals surface area contributed by atoms with E-state index in [2.05, 4.69) is 55.3 Å². The lowest BCUT2D eigenvalue weighted by atomic mass is 10.2. The number of hydrogen-bond acceptors (Lipinski definition) is 4. The number of aromatic nitrogens is 1. The molecule has 1 aromatic carbocycles. The zero-order valence-corrected chi connectivity index (χ0v) is 12.8. The Morgan fingerprint density at radius 2 is 2.11 bits per heavy atom. The molecule has 2 aromatic rings. The number of anilines is 2. The lowest BCUT2D eigenvalue weighted by molar-refractivity contribution is 0.822. The predicted octanol–water partition coefficient (Wildman–Crippen LogP) is 3.64. The molecule has 3 nitrogen and oxygen atoms in total. The van der Waals surface area contributed by atoms with Crippen LogP contribution in [-0.2, 0) is 6.54 Å². The van der Waals surface area contributed by atoms with Gasteiger partial charge < -0.3 is 10.2 Å². The van der Waals surface area contributed by atoms with Crippen LogP contribution in [0.4, 0.5) is 10.8 Å². The fourth-order valence-corrected chi connectivity index (χ4v) is 3.23. The maximum absolute atomic E-state index is 4.71. The second-order valence-electron chi connectivity index (χ2n) is 4.62. The third-order valence-corrected chi connectivity index (χ3v) is 4.26. The monoisotopic (exact) mass is 275 g/mol. The second-order valence-corrected chi connectivity index (χ2v) is 5.68. The Labute approximate surface area is 119 Å². The van der Waals surface area contributed by atoms with Gasteiger partial charge in [0, 0.05) is 23.7 Å². The molecule has 19 heavy (non-hydrogen) atoms. The van der Waals surface area contributed by atoms with E-state index in [9.17, 15) is 0 Å². The first kappa shape index (κ1) is 14.0. The highest BCUT2D eigenvalue weighted by Gasteiger charge is 2.14. The van der Waals surface area contributed by atoms with Crippen LogP contribution < -0.4 is 10.2 Å². The fourth-order valence-electron chi connectivity index (χ4n) is 2.08. The van der Waals surface area contributed by atoms with Crippen LogP contribution in [0, 0.1) is 13.8 Å². The Kier molecular flexibility index (Phi) is 4.56. The summed E-state index contributed by atoms with van der Waals surface area (Å²) in [6.07, 6.45) is 0. The van der Waals surface area contributed by atoms with Gasteiger partial charge in [-0.3, -0.25) is 0 Å². The van der Waals surface area contributed by atoms with Crippen molar-refractivity contribution < 1.29 is 0 Å². The predicted molar refractivity (Wildman–Crippen MR) is 83.5 cm³/mol. The van der Waals surface area contributed by atoms with E-state index in [1.54, 1.807) is 11.3 Å². The van der Waals surface area contributed by atoms with E-state index in [0.717, 1.165) is 23.9 Å². The molecule has 0 saturated heterocycles. The maximum atomic E-state index is 4.71.